The summed E-state index contributed by atoms with van der Waals surface area (Å²) in [7, 11) is 5.91. The standard InChI is InChI=1S/C15H26N2O/c1-11(2)14(10-16)15(17(3)4)12-6-8-13(18-5)9-7-12/h6-9,11,14-15H,10,16H2,1-5H3. The fourth-order valence-electron chi connectivity index (χ4n) is 2.50. The van der Waals surface area contributed by atoms with Gasteiger partial charge in [-0.2, -0.15) is 0 Å². The molecular weight excluding hydrogens is 224 g/mol. The number of nitrogens with two attached hydrogens (primary N) is 1. The molecule has 1 aromatic carbocycles. The molecule has 2 atom stereocenters. The van der Waals surface area contributed by atoms with Crippen LogP contribution in [0.4, 0.5) is 0 Å². The summed E-state index contributed by atoms with van der Waals surface area (Å²) in [5.74, 6) is 1.91. The van der Waals surface area contributed by atoms with Gasteiger partial charge in [0.1, 0.15) is 5.75 Å². The zero-order valence-corrected chi connectivity index (χ0v) is 12.2. The maximum absolute atomic E-state index is 5.95. The van der Waals surface area contributed by atoms with Crippen LogP contribution < -0.4 is 10.5 Å². The first-order valence-corrected chi connectivity index (χ1v) is 6.51. The highest BCUT2D eigenvalue weighted by atomic mass is 16.5. The molecule has 1 rings (SSSR count). The van der Waals surface area contributed by atoms with Gasteiger partial charge in [-0.05, 0) is 50.2 Å². The van der Waals surface area contributed by atoms with Crippen LogP contribution >= 0.6 is 0 Å². The average Bonchev–Trinajstić information content (AvgIpc) is 2.35. The Morgan fingerprint density at radius 3 is 2.06 bits per heavy atom. The number of hydrogen-bond acceptors (Lipinski definition) is 3. The van der Waals surface area contributed by atoms with Gasteiger partial charge in [0, 0.05) is 6.04 Å². The van der Waals surface area contributed by atoms with Crippen LogP contribution in [0.5, 0.6) is 5.75 Å². The average molecular weight is 250 g/mol. The minimum Gasteiger partial charge on any atom is -0.497 e. The first-order valence-electron chi connectivity index (χ1n) is 6.51. The SMILES string of the molecule is COc1ccc(C(C(CN)C(C)C)N(C)C)cc1. The van der Waals surface area contributed by atoms with Crippen LogP contribution in [-0.4, -0.2) is 32.6 Å². The van der Waals surface area contributed by atoms with Crippen molar-refractivity contribution in [2.45, 2.75) is 19.9 Å². The third-order valence-electron chi connectivity index (χ3n) is 3.55. The Kier molecular flexibility index (Phi) is 5.63. The van der Waals surface area contributed by atoms with E-state index in [1.807, 2.05) is 12.1 Å². The summed E-state index contributed by atoms with van der Waals surface area (Å²) >= 11 is 0. The van der Waals surface area contributed by atoms with Crippen LogP contribution in [0.25, 0.3) is 0 Å². The van der Waals surface area contributed by atoms with Crippen molar-refractivity contribution in [1.29, 1.82) is 0 Å². The quantitative estimate of drug-likeness (QED) is 0.843. The third kappa shape index (κ3) is 3.47. The molecule has 1 aromatic rings. The van der Waals surface area contributed by atoms with Gasteiger partial charge in [0.05, 0.1) is 7.11 Å². The van der Waals surface area contributed by atoms with Gasteiger partial charge in [0.15, 0.2) is 0 Å². The molecule has 0 aliphatic heterocycles. The van der Waals surface area contributed by atoms with E-state index in [2.05, 4.69) is 45.0 Å². The van der Waals surface area contributed by atoms with Gasteiger partial charge in [-0.3, -0.25) is 0 Å². The van der Waals surface area contributed by atoms with E-state index in [1.54, 1.807) is 7.11 Å². The summed E-state index contributed by atoms with van der Waals surface area (Å²) in [6.45, 7) is 5.17. The van der Waals surface area contributed by atoms with Crippen LogP contribution in [0.2, 0.25) is 0 Å². The lowest BCUT2D eigenvalue weighted by Crippen LogP contribution is -2.35. The summed E-state index contributed by atoms with van der Waals surface area (Å²) in [4.78, 5) is 2.25. The van der Waals surface area contributed by atoms with Gasteiger partial charge in [-0.1, -0.05) is 26.0 Å². The highest BCUT2D eigenvalue weighted by Gasteiger charge is 2.26. The summed E-state index contributed by atoms with van der Waals surface area (Å²) < 4.78 is 5.21. The molecule has 2 N–H and O–H groups in total. The molecule has 0 radical (unpaired) electrons. The fourth-order valence-corrected chi connectivity index (χ4v) is 2.50. The second kappa shape index (κ2) is 6.76. The number of rotatable bonds is 6. The first kappa shape index (κ1) is 15.0. The van der Waals surface area contributed by atoms with Crippen molar-refractivity contribution in [1.82, 2.24) is 4.90 Å². The van der Waals surface area contributed by atoms with Gasteiger partial charge < -0.3 is 15.4 Å². The van der Waals surface area contributed by atoms with E-state index >= 15 is 0 Å². The lowest BCUT2D eigenvalue weighted by molar-refractivity contribution is 0.175. The van der Waals surface area contributed by atoms with Gasteiger partial charge in [0.25, 0.3) is 0 Å². The Bertz CT molecular complexity index is 346. The highest BCUT2D eigenvalue weighted by molar-refractivity contribution is 5.29. The topological polar surface area (TPSA) is 38.5 Å². The number of benzene rings is 1. The molecule has 0 saturated carbocycles. The molecule has 0 amide bonds. The van der Waals surface area contributed by atoms with Crippen LogP contribution in [0, 0.1) is 11.8 Å². The van der Waals surface area contributed by atoms with Gasteiger partial charge >= 0.3 is 0 Å². The van der Waals surface area contributed by atoms with Crippen molar-refractivity contribution in [3.05, 3.63) is 29.8 Å². The minimum atomic E-state index is 0.348. The smallest absolute Gasteiger partial charge is 0.118 e. The molecule has 2 unspecified atom stereocenters. The zero-order valence-electron chi connectivity index (χ0n) is 12.2. The summed E-state index contributed by atoms with van der Waals surface area (Å²) in [5, 5.41) is 0. The van der Waals surface area contributed by atoms with E-state index in [4.69, 9.17) is 10.5 Å². The van der Waals surface area contributed by atoms with E-state index in [0.29, 0.717) is 24.4 Å². The molecule has 0 bridgehead atoms. The van der Waals surface area contributed by atoms with E-state index in [9.17, 15) is 0 Å². The van der Waals surface area contributed by atoms with Crippen molar-refractivity contribution in [3.63, 3.8) is 0 Å². The van der Waals surface area contributed by atoms with Gasteiger partial charge in [-0.15, -0.1) is 0 Å². The molecule has 18 heavy (non-hydrogen) atoms. The second-order valence-corrected chi connectivity index (χ2v) is 5.33. The van der Waals surface area contributed by atoms with E-state index in [0.717, 1.165) is 5.75 Å². The van der Waals surface area contributed by atoms with Crippen LogP contribution in [0.1, 0.15) is 25.5 Å². The molecule has 0 heterocycles. The van der Waals surface area contributed by atoms with E-state index < -0.39 is 0 Å². The van der Waals surface area contributed by atoms with Crippen molar-refractivity contribution < 1.29 is 4.74 Å². The maximum Gasteiger partial charge on any atom is 0.118 e. The lowest BCUT2D eigenvalue weighted by atomic mass is 9.84. The van der Waals surface area contributed by atoms with Crippen molar-refractivity contribution >= 4 is 0 Å². The molecule has 0 aliphatic carbocycles. The molecule has 3 nitrogen and oxygen atoms in total. The number of methoxy groups -OCH3 is 1. The summed E-state index contributed by atoms with van der Waals surface area (Å²) in [5.41, 5.74) is 7.25. The van der Waals surface area contributed by atoms with Crippen molar-refractivity contribution in [2.75, 3.05) is 27.7 Å². The number of nitrogens with zero attached hydrogens (tertiary/aromatic N) is 1. The van der Waals surface area contributed by atoms with Crippen LogP contribution in [-0.2, 0) is 0 Å². The number of hydrogen-bond donors (Lipinski definition) is 1. The predicted molar refractivity (Wildman–Crippen MR) is 76.8 cm³/mol. The second-order valence-electron chi connectivity index (χ2n) is 5.33. The van der Waals surface area contributed by atoms with Crippen LogP contribution in [0.3, 0.4) is 0 Å². The van der Waals surface area contributed by atoms with Gasteiger partial charge in [-0.25, -0.2) is 0 Å². The summed E-state index contributed by atoms with van der Waals surface area (Å²) in [6.07, 6.45) is 0. The molecule has 0 aliphatic rings. The Morgan fingerprint density at radius 1 is 1.17 bits per heavy atom. The van der Waals surface area contributed by atoms with E-state index in [1.165, 1.54) is 5.56 Å². The number of ether oxygens (including phenoxy) is 1. The van der Waals surface area contributed by atoms with Crippen molar-refractivity contribution in [2.24, 2.45) is 17.6 Å². The first-order chi connectivity index (χ1) is 8.51. The molecule has 3 heteroatoms. The summed E-state index contributed by atoms with van der Waals surface area (Å²) in [6, 6.07) is 8.64. The van der Waals surface area contributed by atoms with Crippen LogP contribution in [0.15, 0.2) is 24.3 Å². The van der Waals surface area contributed by atoms with Crippen molar-refractivity contribution in [3.8, 4) is 5.75 Å². The molecule has 102 valence electrons. The van der Waals surface area contributed by atoms with Gasteiger partial charge in [0.2, 0.25) is 0 Å². The molecule has 0 spiro atoms. The maximum atomic E-state index is 5.95. The monoisotopic (exact) mass is 250 g/mol. The molecular formula is C15H26N2O. The Labute approximate surface area is 111 Å². The highest BCUT2D eigenvalue weighted by Crippen LogP contribution is 2.32. The largest absolute Gasteiger partial charge is 0.497 e. The zero-order chi connectivity index (χ0) is 13.7. The predicted octanol–water partition coefficient (Wildman–Crippen LogP) is 2.53. The fraction of sp³-hybridized carbons (Fsp3) is 0.600. The Morgan fingerprint density at radius 2 is 1.72 bits per heavy atom. The molecule has 0 saturated heterocycles. The Hall–Kier alpha value is -1.06. The Balaban J connectivity index is 3.03. The minimum absolute atomic E-state index is 0.348. The molecule has 0 fully saturated rings. The van der Waals surface area contributed by atoms with E-state index in [-0.39, 0.29) is 0 Å². The third-order valence-corrected chi connectivity index (χ3v) is 3.55. The normalized spacial score (nSPS) is 14.9. The molecule has 0 aromatic heterocycles. The lowest BCUT2D eigenvalue weighted by Gasteiger charge is -2.34.